The zero-order valence-electron chi connectivity index (χ0n) is 11.8. The number of pyridine rings is 1. The third-order valence-corrected chi connectivity index (χ3v) is 2.83. The van der Waals surface area contributed by atoms with Gasteiger partial charge in [-0.15, -0.1) is 0 Å². The average molecular weight is 272 g/mol. The van der Waals surface area contributed by atoms with Crippen molar-refractivity contribution in [2.24, 2.45) is 0 Å². The van der Waals surface area contributed by atoms with Crippen molar-refractivity contribution in [3.8, 4) is 5.75 Å². The second kappa shape index (κ2) is 6.91. The molecule has 0 radical (unpaired) electrons. The number of rotatable bonds is 6. The number of aromatic nitrogens is 1. The van der Waals surface area contributed by atoms with E-state index in [1.54, 1.807) is 18.5 Å². The van der Waals surface area contributed by atoms with E-state index in [2.05, 4.69) is 10.3 Å². The normalized spacial score (nSPS) is 10.6. The molecule has 2 N–H and O–H groups in total. The van der Waals surface area contributed by atoms with Crippen molar-refractivity contribution in [1.29, 1.82) is 0 Å². The number of aliphatic hydroxyl groups excluding tert-OH is 1. The van der Waals surface area contributed by atoms with Crippen molar-refractivity contribution in [2.45, 2.75) is 33.1 Å². The van der Waals surface area contributed by atoms with E-state index in [0.29, 0.717) is 6.54 Å². The van der Waals surface area contributed by atoms with E-state index in [4.69, 9.17) is 4.74 Å². The Kier molecular flexibility index (Phi) is 4.96. The summed E-state index contributed by atoms with van der Waals surface area (Å²) < 4.78 is 5.67. The lowest BCUT2D eigenvalue weighted by Gasteiger charge is -2.12. The Balaban J connectivity index is 2.03. The molecule has 0 aliphatic carbocycles. The van der Waals surface area contributed by atoms with Crippen LogP contribution >= 0.6 is 0 Å². The van der Waals surface area contributed by atoms with E-state index >= 15 is 0 Å². The van der Waals surface area contributed by atoms with Crippen molar-refractivity contribution in [1.82, 2.24) is 4.98 Å². The zero-order chi connectivity index (χ0) is 14.4. The molecule has 1 aromatic heterocycles. The predicted molar refractivity (Wildman–Crippen MR) is 79.7 cm³/mol. The molecule has 106 valence electrons. The average Bonchev–Trinajstić information content (AvgIpc) is 2.45. The van der Waals surface area contributed by atoms with Gasteiger partial charge in [-0.05, 0) is 37.6 Å². The molecule has 4 heteroatoms. The first-order chi connectivity index (χ1) is 9.69. The van der Waals surface area contributed by atoms with E-state index in [1.165, 1.54) is 0 Å². The molecule has 0 aliphatic heterocycles. The topological polar surface area (TPSA) is 54.4 Å². The van der Waals surface area contributed by atoms with Crippen LogP contribution in [-0.4, -0.2) is 16.2 Å². The highest BCUT2D eigenvalue weighted by molar-refractivity contribution is 5.49. The quantitative estimate of drug-likeness (QED) is 0.849. The van der Waals surface area contributed by atoms with Crippen molar-refractivity contribution >= 4 is 5.69 Å². The molecule has 0 fully saturated rings. The fourth-order valence-corrected chi connectivity index (χ4v) is 1.92. The minimum absolute atomic E-state index is 0.00134. The molecule has 2 aromatic rings. The highest BCUT2D eigenvalue weighted by Crippen LogP contribution is 2.18. The third-order valence-electron chi connectivity index (χ3n) is 2.83. The van der Waals surface area contributed by atoms with Gasteiger partial charge in [-0.25, -0.2) is 0 Å². The Hall–Kier alpha value is -2.07. The number of anilines is 1. The van der Waals surface area contributed by atoms with Crippen LogP contribution in [0.1, 0.15) is 25.0 Å². The molecule has 0 saturated heterocycles. The lowest BCUT2D eigenvalue weighted by atomic mass is 10.2. The SMILES string of the molecule is CC(C)Oc1cccc(CNc2cnccc2CO)c1. The van der Waals surface area contributed by atoms with Crippen molar-refractivity contribution in [3.63, 3.8) is 0 Å². The summed E-state index contributed by atoms with van der Waals surface area (Å²) in [5.74, 6) is 0.868. The van der Waals surface area contributed by atoms with Gasteiger partial charge in [-0.1, -0.05) is 12.1 Å². The first kappa shape index (κ1) is 14.3. The second-order valence-electron chi connectivity index (χ2n) is 4.86. The summed E-state index contributed by atoms with van der Waals surface area (Å²) in [6, 6.07) is 9.79. The van der Waals surface area contributed by atoms with Gasteiger partial charge in [0, 0.05) is 18.3 Å². The Labute approximate surface area is 119 Å². The number of hydrogen-bond acceptors (Lipinski definition) is 4. The molecule has 0 atom stereocenters. The van der Waals surface area contributed by atoms with Crippen LogP contribution < -0.4 is 10.1 Å². The summed E-state index contributed by atoms with van der Waals surface area (Å²) in [4.78, 5) is 4.06. The maximum atomic E-state index is 9.27. The number of ether oxygens (including phenoxy) is 1. The summed E-state index contributed by atoms with van der Waals surface area (Å²) in [5, 5.41) is 12.6. The molecule has 2 rings (SSSR count). The van der Waals surface area contributed by atoms with Gasteiger partial charge in [-0.3, -0.25) is 4.98 Å². The summed E-state index contributed by atoms with van der Waals surface area (Å²) in [6.45, 7) is 4.68. The molecule has 0 amide bonds. The summed E-state index contributed by atoms with van der Waals surface area (Å²) in [6.07, 6.45) is 3.56. The molecule has 0 unspecified atom stereocenters. The van der Waals surface area contributed by atoms with E-state index < -0.39 is 0 Å². The van der Waals surface area contributed by atoms with Gasteiger partial charge in [-0.2, -0.15) is 0 Å². The largest absolute Gasteiger partial charge is 0.491 e. The van der Waals surface area contributed by atoms with Crippen LogP contribution in [0.5, 0.6) is 5.75 Å². The number of hydrogen-bond donors (Lipinski definition) is 2. The summed E-state index contributed by atoms with van der Waals surface area (Å²) in [5.41, 5.74) is 2.82. The Morgan fingerprint density at radius 3 is 2.90 bits per heavy atom. The van der Waals surface area contributed by atoms with E-state index in [-0.39, 0.29) is 12.7 Å². The van der Waals surface area contributed by atoms with Gasteiger partial charge in [0.15, 0.2) is 0 Å². The smallest absolute Gasteiger partial charge is 0.120 e. The highest BCUT2D eigenvalue weighted by Gasteiger charge is 2.02. The zero-order valence-corrected chi connectivity index (χ0v) is 11.8. The van der Waals surface area contributed by atoms with Crippen LogP contribution in [0.25, 0.3) is 0 Å². The van der Waals surface area contributed by atoms with Gasteiger partial charge < -0.3 is 15.2 Å². The van der Waals surface area contributed by atoms with E-state index in [0.717, 1.165) is 22.6 Å². The molecular weight excluding hydrogens is 252 g/mol. The van der Waals surface area contributed by atoms with Gasteiger partial charge in [0.25, 0.3) is 0 Å². The van der Waals surface area contributed by atoms with Gasteiger partial charge in [0.2, 0.25) is 0 Å². The maximum absolute atomic E-state index is 9.27. The molecular formula is C16H20N2O2. The van der Waals surface area contributed by atoms with Gasteiger partial charge in [0.1, 0.15) is 5.75 Å². The second-order valence-corrected chi connectivity index (χ2v) is 4.86. The molecule has 0 aliphatic rings. The van der Waals surface area contributed by atoms with E-state index in [9.17, 15) is 5.11 Å². The van der Waals surface area contributed by atoms with Crippen molar-refractivity contribution < 1.29 is 9.84 Å². The number of benzene rings is 1. The van der Waals surface area contributed by atoms with Crippen LogP contribution in [0, 0.1) is 0 Å². The molecule has 0 spiro atoms. The Morgan fingerprint density at radius 2 is 2.15 bits per heavy atom. The fourth-order valence-electron chi connectivity index (χ4n) is 1.92. The van der Waals surface area contributed by atoms with Crippen molar-refractivity contribution in [3.05, 3.63) is 53.9 Å². The lowest BCUT2D eigenvalue weighted by Crippen LogP contribution is -2.07. The molecule has 20 heavy (non-hydrogen) atoms. The van der Waals surface area contributed by atoms with Crippen LogP contribution in [0.3, 0.4) is 0 Å². The predicted octanol–water partition coefficient (Wildman–Crippen LogP) is 2.97. The van der Waals surface area contributed by atoms with Gasteiger partial charge in [0.05, 0.1) is 24.6 Å². The summed E-state index contributed by atoms with van der Waals surface area (Å²) >= 11 is 0. The number of nitrogens with zero attached hydrogens (tertiary/aromatic N) is 1. The first-order valence-corrected chi connectivity index (χ1v) is 6.72. The minimum atomic E-state index is 0.00134. The van der Waals surface area contributed by atoms with Crippen molar-refractivity contribution in [2.75, 3.05) is 5.32 Å². The van der Waals surface area contributed by atoms with Gasteiger partial charge >= 0.3 is 0 Å². The number of aliphatic hydroxyl groups is 1. The van der Waals surface area contributed by atoms with Crippen LogP contribution in [0.15, 0.2) is 42.7 Å². The Morgan fingerprint density at radius 1 is 1.30 bits per heavy atom. The number of nitrogens with one attached hydrogen (secondary N) is 1. The Bertz CT molecular complexity index is 556. The molecule has 1 aromatic carbocycles. The maximum Gasteiger partial charge on any atom is 0.120 e. The monoisotopic (exact) mass is 272 g/mol. The standard InChI is InChI=1S/C16H20N2O2/c1-12(2)20-15-5-3-4-13(8-15)9-18-16-10-17-7-6-14(16)11-19/h3-8,10,12,18-19H,9,11H2,1-2H3. The lowest BCUT2D eigenvalue weighted by molar-refractivity contribution is 0.242. The fraction of sp³-hybridized carbons (Fsp3) is 0.312. The summed E-state index contributed by atoms with van der Waals surface area (Å²) in [7, 11) is 0. The highest BCUT2D eigenvalue weighted by atomic mass is 16.5. The van der Waals surface area contributed by atoms with E-state index in [1.807, 2.05) is 38.1 Å². The van der Waals surface area contributed by atoms with Crippen LogP contribution in [0.2, 0.25) is 0 Å². The minimum Gasteiger partial charge on any atom is -0.491 e. The van der Waals surface area contributed by atoms with Crippen LogP contribution in [0.4, 0.5) is 5.69 Å². The first-order valence-electron chi connectivity index (χ1n) is 6.72. The molecule has 4 nitrogen and oxygen atoms in total. The third kappa shape index (κ3) is 3.96. The molecule has 0 bridgehead atoms. The van der Waals surface area contributed by atoms with Crippen LogP contribution in [-0.2, 0) is 13.2 Å². The molecule has 1 heterocycles. The molecule has 0 saturated carbocycles.